The Morgan fingerprint density at radius 3 is 2.75 bits per heavy atom. The van der Waals surface area contributed by atoms with E-state index in [1.54, 1.807) is 0 Å². The number of imidazole rings is 1. The van der Waals surface area contributed by atoms with Crippen molar-refractivity contribution >= 4 is 23.2 Å². The third-order valence-corrected chi connectivity index (χ3v) is 5.42. The number of carbonyl (C=O) groups is 1. The average Bonchev–Trinajstić information content (AvgIpc) is 3.11. The maximum atomic E-state index is 13.1. The number of nitrogens with one attached hydrogen (secondary N) is 1. The van der Waals surface area contributed by atoms with E-state index in [4.69, 9.17) is 16.3 Å². The molecule has 0 bridgehead atoms. The number of benzene rings is 1. The number of hydrogen-bond acceptors (Lipinski definition) is 4. The van der Waals surface area contributed by atoms with Crippen LogP contribution in [-0.2, 0) is 11.3 Å². The minimum Gasteiger partial charge on any atom is -0.378 e. The Bertz CT molecular complexity index is 981. The third-order valence-electron chi connectivity index (χ3n) is 5.08. The summed E-state index contributed by atoms with van der Waals surface area (Å²) in [5.74, 6) is -0.0470. The van der Waals surface area contributed by atoms with Crippen LogP contribution < -0.4 is 5.32 Å². The Morgan fingerprint density at radius 1 is 1.21 bits per heavy atom. The highest BCUT2D eigenvalue weighted by molar-refractivity contribution is 6.31. The molecule has 3 aromatic rings. The van der Waals surface area contributed by atoms with Crippen LogP contribution in [0, 0.1) is 0 Å². The largest absolute Gasteiger partial charge is 0.378 e. The van der Waals surface area contributed by atoms with Crippen molar-refractivity contribution in [2.75, 3.05) is 26.3 Å². The quantitative estimate of drug-likeness (QED) is 0.716. The first-order valence-electron chi connectivity index (χ1n) is 9.46. The van der Waals surface area contributed by atoms with Gasteiger partial charge in [-0.15, -0.1) is 0 Å². The van der Waals surface area contributed by atoms with E-state index in [0.29, 0.717) is 38.5 Å². The summed E-state index contributed by atoms with van der Waals surface area (Å²) in [5.41, 5.74) is 3.14. The minimum absolute atomic E-state index is 0.0364. The van der Waals surface area contributed by atoms with Crippen LogP contribution in [0.2, 0.25) is 5.02 Å². The van der Waals surface area contributed by atoms with Gasteiger partial charge in [0.25, 0.3) is 5.91 Å². The number of hydrogen-bond donors (Lipinski definition) is 1. The molecule has 3 heterocycles. The van der Waals surface area contributed by atoms with Gasteiger partial charge in [-0.1, -0.05) is 35.9 Å². The second-order valence-electron chi connectivity index (χ2n) is 6.86. The Balaban J connectivity index is 1.61. The Hall–Kier alpha value is -2.41. The number of nitrogens with zero attached hydrogens (tertiary/aromatic N) is 3. The molecule has 0 aliphatic carbocycles. The van der Waals surface area contributed by atoms with Crippen molar-refractivity contribution in [1.82, 2.24) is 19.6 Å². The lowest BCUT2D eigenvalue weighted by Gasteiger charge is -2.26. The number of aromatic nitrogens is 2. The van der Waals surface area contributed by atoms with Crippen molar-refractivity contribution in [3.8, 4) is 0 Å². The van der Waals surface area contributed by atoms with Crippen LogP contribution in [0.1, 0.15) is 34.7 Å². The van der Waals surface area contributed by atoms with E-state index in [0.717, 1.165) is 21.9 Å². The molecule has 0 radical (unpaired) electrons. The van der Waals surface area contributed by atoms with Crippen LogP contribution in [-0.4, -0.2) is 46.5 Å². The highest BCUT2D eigenvalue weighted by Crippen LogP contribution is 2.23. The number of pyridine rings is 1. The van der Waals surface area contributed by atoms with Crippen LogP contribution >= 0.6 is 11.6 Å². The summed E-state index contributed by atoms with van der Waals surface area (Å²) in [6, 6.07) is 13.6. The summed E-state index contributed by atoms with van der Waals surface area (Å²) in [5, 5.41) is 4.22. The maximum absolute atomic E-state index is 13.1. The van der Waals surface area contributed by atoms with Gasteiger partial charge in [0, 0.05) is 36.9 Å². The molecule has 2 aromatic heterocycles. The van der Waals surface area contributed by atoms with Crippen LogP contribution in [0.3, 0.4) is 0 Å². The molecule has 1 amide bonds. The van der Waals surface area contributed by atoms with Crippen LogP contribution in [0.5, 0.6) is 0 Å². The fourth-order valence-electron chi connectivity index (χ4n) is 3.49. The molecular weight excluding hydrogens is 376 g/mol. The highest BCUT2D eigenvalue weighted by atomic mass is 35.5. The number of amides is 1. The van der Waals surface area contributed by atoms with E-state index in [1.165, 1.54) is 0 Å². The van der Waals surface area contributed by atoms with E-state index in [9.17, 15) is 4.79 Å². The Labute approximate surface area is 169 Å². The first-order valence-corrected chi connectivity index (χ1v) is 9.83. The summed E-state index contributed by atoms with van der Waals surface area (Å²) in [6.45, 7) is 4.88. The van der Waals surface area contributed by atoms with Gasteiger partial charge in [0.2, 0.25) is 0 Å². The fraction of sp³-hybridized carbons (Fsp3) is 0.333. The average molecular weight is 399 g/mol. The highest BCUT2D eigenvalue weighted by Gasteiger charge is 2.25. The number of carbonyl (C=O) groups excluding carboxylic acids is 1. The summed E-state index contributed by atoms with van der Waals surface area (Å²) < 4.78 is 7.34. The van der Waals surface area contributed by atoms with E-state index < -0.39 is 0 Å². The van der Waals surface area contributed by atoms with Crippen molar-refractivity contribution < 1.29 is 9.53 Å². The van der Waals surface area contributed by atoms with Gasteiger partial charge in [0.15, 0.2) is 5.69 Å². The monoisotopic (exact) mass is 398 g/mol. The van der Waals surface area contributed by atoms with Gasteiger partial charge in [-0.25, -0.2) is 4.98 Å². The molecule has 1 aliphatic heterocycles. The molecule has 1 aromatic carbocycles. The number of ether oxygens (including phenoxy) is 1. The second kappa shape index (κ2) is 8.31. The van der Waals surface area contributed by atoms with Crippen molar-refractivity contribution in [3.05, 3.63) is 70.6 Å². The molecule has 146 valence electrons. The zero-order valence-corrected chi connectivity index (χ0v) is 16.5. The predicted octanol–water partition coefficient (Wildman–Crippen LogP) is 3.31. The van der Waals surface area contributed by atoms with Gasteiger partial charge in [-0.2, -0.15) is 0 Å². The topological polar surface area (TPSA) is 58.9 Å². The number of rotatable bonds is 5. The van der Waals surface area contributed by atoms with Crippen LogP contribution in [0.25, 0.3) is 5.65 Å². The fourth-order valence-corrected chi connectivity index (χ4v) is 3.79. The second-order valence-corrected chi connectivity index (χ2v) is 7.27. The van der Waals surface area contributed by atoms with Crippen LogP contribution in [0.4, 0.5) is 0 Å². The first kappa shape index (κ1) is 18.9. The van der Waals surface area contributed by atoms with Gasteiger partial charge < -0.3 is 19.4 Å². The molecule has 0 saturated carbocycles. The number of halogens is 1. The molecule has 1 N–H and O–H groups in total. The Morgan fingerprint density at radius 2 is 1.96 bits per heavy atom. The summed E-state index contributed by atoms with van der Waals surface area (Å²) in [6.07, 6.45) is 1.94. The molecular formula is C21H23ClN4O2. The van der Waals surface area contributed by atoms with Gasteiger partial charge in [-0.05, 0) is 30.7 Å². The van der Waals surface area contributed by atoms with Gasteiger partial charge in [0.05, 0.1) is 18.9 Å². The molecule has 0 unspecified atom stereocenters. The summed E-state index contributed by atoms with van der Waals surface area (Å²) in [7, 11) is 0. The molecule has 0 spiro atoms. The molecule has 4 rings (SSSR count). The van der Waals surface area contributed by atoms with E-state index in [-0.39, 0.29) is 11.9 Å². The normalized spacial score (nSPS) is 15.7. The van der Waals surface area contributed by atoms with Gasteiger partial charge >= 0.3 is 0 Å². The lowest BCUT2D eigenvalue weighted by molar-refractivity contribution is 0.0298. The number of morpholine rings is 1. The standard InChI is InChI=1S/C21H23ClN4O2/c1-15(16-6-2-3-7-17(16)22)23-14-18-20(21(27)25-10-12-28-13-11-25)24-19-8-4-5-9-26(18)19/h2-9,15,23H,10-14H2,1H3/t15-/m1/s1. The third kappa shape index (κ3) is 3.76. The zero-order valence-electron chi connectivity index (χ0n) is 15.8. The Kier molecular flexibility index (Phi) is 5.62. The summed E-state index contributed by atoms with van der Waals surface area (Å²) in [4.78, 5) is 19.5. The molecule has 7 heteroatoms. The molecule has 1 saturated heterocycles. The van der Waals surface area contributed by atoms with E-state index in [2.05, 4.69) is 17.2 Å². The number of fused-ring (bicyclic) bond motifs is 1. The molecule has 1 aliphatic rings. The van der Waals surface area contributed by atoms with Crippen molar-refractivity contribution in [2.45, 2.75) is 19.5 Å². The molecule has 6 nitrogen and oxygen atoms in total. The molecule has 28 heavy (non-hydrogen) atoms. The van der Waals surface area contributed by atoms with Crippen molar-refractivity contribution in [2.24, 2.45) is 0 Å². The smallest absolute Gasteiger partial charge is 0.274 e. The van der Waals surface area contributed by atoms with E-state index >= 15 is 0 Å². The summed E-state index contributed by atoms with van der Waals surface area (Å²) >= 11 is 6.33. The SMILES string of the molecule is C[C@@H](NCc1c(C(=O)N2CCOCC2)nc2ccccn12)c1ccccc1Cl. The maximum Gasteiger partial charge on any atom is 0.274 e. The van der Waals surface area contributed by atoms with E-state index in [1.807, 2.05) is 58.0 Å². The predicted molar refractivity (Wildman–Crippen MR) is 109 cm³/mol. The molecule has 1 atom stereocenters. The minimum atomic E-state index is -0.0470. The van der Waals surface area contributed by atoms with Crippen molar-refractivity contribution in [1.29, 1.82) is 0 Å². The van der Waals surface area contributed by atoms with Gasteiger partial charge in [0.1, 0.15) is 5.65 Å². The lowest BCUT2D eigenvalue weighted by Crippen LogP contribution is -2.41. The lowest BCUT2D eigenvalue weighted by atomic mass is 10.1. The zero-order chi connectivity index (χ0) is 19.5. The van der Waals surface area contributed by atoms with Crippen LogP contribution in [0.15, 0.2) is 48.7 Å². The van der Waals surface area contributed by atoms with Crippen molar-refractivity contribution in [3.63, 3.8) is 0 Å². The first-order chi connectivity index (χ1) is 13.6. The van der Waals surface area contributed by atoms with Gasteiger partial charge in [-0.3, -0.25) is 4.79 Å². The molecule has 1 fully saturated rings.